The Labute approximate surface area is 139 Å². The highest BCUT2D eigenvalue weighted by molar-refractivity contribution is 7.21. The molecule has 0 aliphatic carbocycles. The number of carboxylic acids is 1. The molecule has 1 atom stereocenters. The van der Waals surface area contributed by atoms with Crippen molar-refractivity contribution >= 4 is 33.3 Å². The third-order valence-electron chi connectivity index (χ3n) is 4.54. The minimum atomic E-state index is -0.815. The lowest BCUT2D eigenvalue weighted by Gasteiger charge is -2.36. The van der Waals surface area contributed by atoms with E-state index in [2.05, 4.69) is 0 Å². The van der Waals surface area contributed by atoms with Crippen molar-refractivity contribution < 1.29 is 14.7 Å². The van der Waals surface area contributed by atoms with Gasteiger partial charge in [0.05, 0.1) is 4.88 Å². The van der Waals surface area contributed by atoms with E-state index >= 15 is 0 Å². The Morgan fingerprint density at radius 1 is 1.17 bits per heavy atom. The van der Waals surface area contributed by atoms with Gasteiger partial charge in [-0.2, -0.15) is 0 Å². The predicted molar refractivity (Wildman–Crippen MR) is 91.1 cm³/mol. The first kappa shape index (κ1) is 16.0. The van der Waals surface area contributed by atoms with Crippen LogP contribution in [0.25, 0.3) is 10.1 Å². The number of aryl methyl sites for hydroxylation is 1. The maximum absolute atomic E-state index is 12.8. The Balaban J connectivity index is 1.74. The molecule has 3 rings (SSSR count). The van der Waals surface area contributed by atoms with Crippen molar-refractivity contribution in [3.05, 3.63) is 34.7 Å². The van der Waals surface area contributed by atoms with Crippen LogP contribution in [0.2, 0.25) is 0 Å². The first-order chi connectivity index (χ1) is 11.0. The molecule has 0 spiro atoms. The van der Waals surface area contributed by atoms with Gasteiger partial charge in [-0.05, 0) is 30.9 Å². The number of benzene rings is 1. The van der Waals surface area contributed by atoms with E-state index in [1.54, 1.807) is 6.92 Å². The highest BCUT2D eigenvalue weighted by Gasteiger charge is 2.29. The number of nitrogens with zero attached hydrogens (tertiary/aromatic N) is 2. The molecular weight excluding hydrogens is 312 g/mol. The molecule has 2 aromatic rings. The molecule has 1 N–H and O–H groups in total. The van der Waals surface area contributed by atoms with E-state index in [1.165, 1.54) is 11.3 Å². The molecule has 1 aromatic carbocycles. The van der Waals surface area contributed by atoms with Crippen molar-refractivity contribution in [2.24, 2.45) is 0 Å². The van der Waals surface area contributed by atoms with E-state index in [-0.39, 0.29) is 5.91 Å². The number of carbonyl (C=O) groups excluding carboxylic acids is 1. The predicted octanol–water partition coefficient (Wildman–Crippen LogP) is 2.44. The molecule has 1 aliphatic heterocycles. The number of carboxylic acid groups (broad SMARTS) is 1. The monoisotopic (exact) mass is 332 g/mol. The number of hydrogen-bond donors (Lipinski definition) is 1. The summed E-state index contributed by atoms with van der Waals surface area (Å²) in [4.78, 5) is 28.4. The van der Waals surface area contributed by atoms with Crippen LogP contribution in [0, 0.1) is 6.92 Å². The normalized spacial score (nSPS) is 17.4. The lowest BCUT2D eigenvalue weighted by Crippen LogP contribution is -2.53. The Bertz CT molecular complexity index is 747. The smallest absolute Gasteiger partial charge is 0.320 e. The van der Waals surface area contributed by atoms with Gasteiger partial charge in [0.15, 0.2) is 0 Å². The van der Waals surface area contributed by atoms with E-state index in [9.17, 15) is 9.59 Å². The molecule has 0 radical (unpaired) electrons. The third-order valence-corrected chi connectivity index (χ3v) is 5.81. The molecule has 122 valence electrons. The number of amides is 1. The van der Waals surface area contributed by atoms with Gasteiger partial charge in [-0.25, -0.2) is 0 Å². The Morgan fingerprint density at radius 3 is 2.43 bits per heavy atom. The van der Waals surface area contributed by atoms with Crippen molar-refractivity contribution in [3.63, 3.8) is 0 Å². The summed E-state index contributed by atoms with van der Waals surface area (Å²) in [7, 11) is 0. The first-order valence-electron chi connectivity index (χ1n) is 7.73. The summed E-state index contributed by atoms with van der Waals surface area (Å²) in [6, 6.07) is 7.56. The SMILES string of the molecule is Cc1c(C(=O)N2CCN(C(C)C(=O)O)CC2)sc2ccccc12. The van der Waals surface area contributed by atoms with Crippen LogP contribution in [0.15, 0.2) is 24.3 Å². The molecule has 1 fully saturated rings. The molecule has 1 aliphatic rings. The van der Waals surface area contributed by atoms with Crippen molar-refractivity contribution in [1.29, 1.82) is 0 Å². The fourth-order valence-corrected chi connectivity index (χ4v) is 4.17. The maximum atomic E-state index is 12.8. The average Bonchev–Trinajstić information content (AvgIpc) is 2.91. The molecule has 1 saturated heterocycles. The summed E-state index contributed by atoms with van der Waals surface area (Å²) < 4.78 is 1.13. The number of carbonyl (C=O) groups is 2. The topological polar surface area (TPSA) is 60.9 Å². The molecule has 0 saturated carbocycles. The number of aliphatic carboxylic acids is 1. The molecule has 2 heterocycles. The van der Waals surface area contributed by atoms with Crippen LogP contribution in [-0.4, -0.2) is 59.0 Å². The van der Waals surface area contributed by atoms with Crippen LogP contribution in [0.1, 0.15) is 22.2 Å². The molecule has 0 bridgehead atoms. The van der Waals surface area contributed by atoms with E-state index in [1.807, 2.05) is 41.0 Å². The number of piperazine rings is 1. The molecule has 5 nitrogen and oxygen atoms in total. The summed E-state index contributed by atoms with van der Waals surface area (Å²) >= 11 is 1.54. The van der Waals surface area contributed by atoms with Crippen molar-refractivity contribution in [2.45, 2.75) is 19.9 Å². The Hall–Kier alpha value is -1.92. The average molecular weight is 332 g/mol. The van der Waals surface area contributed by atoms with Crippen LogP contribution in [0.3, 0.4) is 0 Å². The summed E-state index contributed by atoms with van der Waals surface area (Å²) in [5, 5.41) is 10.2. The van der Waals surface area contributed by atoms with Gasteiger partial charge >= 0.3 is 5.97 Å². The van der Waals surface area contributed by atoms with Crippen molar-refractivity contribution in [3.8, 4) is 0 Å². The lowest BCUT2D eigenvalue weighted by molar-refractivity contribution is -0.143. The summed E-state index contributed by atoms with van der Waals surface area (Å²) in [5.74, 6) is -0.753. The van der Waals surface area contributed by atoms with Crippen LogP contribution in [-0.2, 0) is 4.79 Å². The van der Waals surface area contributed by atoms with Gasteiger partial charge in [0.1, 0.15) is 6.04 Å². The lowest BCUT2D eigenvalue weighted by atomic mass is 10.1. The van der Waals surface area contributed by atoms with E-state index < -0.39 is 12.0 Å². The van der Waals surface area contributed by atoms with Crippen LogP contribution < -0.4 is 0 Å². The van der Waals surface area contributed by atoms with Gasteiger partial charge < -0.3 is 10.0 Å². The molecule has 1 amide bonds. The maximum Gasteiger partial charge on any atom is 0.320 e. The van der Waals surface area contributed by atoms with Crippen molar-refractivity contribution in [1.82, 2.24) is 9.80 Å². The van der Waals surface area contributed by atoms with Crippen LogP contribution in [0.5, 0.6) is 0 Å². The van der Waals surface area contributed by atoms with Gasteiger partial charge in [-0.15, -0.1) is 11.3 Å². The molecule has 1 unspecified atom stereocenters. The van der Waals surface area contributed by atoms with Gasteiger partial charge in [0, 0.05) is 30.9 Å². The standard InChI is InChI=1S/C17H20N2O3S/c1-11-13-5-3-4-6-14(13)23-15(11)16(20)19-9-7-18(8-10-19)12(2)17(21)22/h3-6,12H,7-10H2,1-2H3,(H,21,22). The fourth-order valence-electron chi connectivity index (χ4n) is 2.99. The minimum Gasteiger partial charge on any atom is -0.480 e. The van der Waals surface area contributed by atoms with Crippen LogP contribution in [0.4, 0.5) is 0 Å². The second-order valence-corrected chi connectivity index (χ2v) is 6.95. The zero-order valence-electron chi connectivity index (χ0n) is 13.3. The third kappa shape index (κ3) is 2.96. The van der Waals surface area contributed by atoms with E-state index in [4.69, 9.17) is 5.11 Å². The molecule has 1 aromatic heterocycles. The van der Waals surface area contributed by atoms with Gasteiger partial charge in [0.25, 0.3) is 5.91 Å². The molecule has 23 heavy (non-hydrogen) atoms. The summed E-state index contributed by atoms with van der Waals surface area (Å²) in [5.41, 5.74) is 1.04. The van der Waals surface area contributed by atoms with Gasteiger partial charge in [-0.1, -0.05) is 18.2 Å². The molecular formula is C17H20N2O3S. The molecule has 6 heteroatoms. The van der Waals surface area contributed by atoms with Gasteiger partial charge in [-0.3, -0.25) is 14.5 Å². The number of fused-ring (bicyclic) bond motifs is 1. The zero-order chi connectivity index (χ0) is 16.6. The highest BCUT2D eigenvalue weighted by Crippen LogP contribution is 2.31. The summed E-state index contributed by atoms with van der Waals surface area (Å²) in [6.07, 6.45) is 0. The number of rotatable bonds is 3. The highest BCUT2D eigenvalue weighted by atomic mass is 32.1. The summed E-state index contributed by atoms with van der Waals surface area (Å²) in [6.45, 7) is 6.03. The van der Waals surface area contributed by atoms with E-state index in [0.717, 1.165) is 20.5 Å². The Kier molecular flexibility index (Phi) is 4.37. The first-order valence-corrected chi connectivity index (χ1v) is 8.55. The fraction of sp³-hybridized carbons (Fsp3) is 0.412. The minimum absolute atomic E-state index is 0.0614. The number of hydrogen-bond acceptors (Lipinski definition) is 4. The van der Waals surface area contributed by atoms with Crippen LogP contribution >= 0.6 is 11.3 Å². The van der Waals surface area contributed by atoms with Crippen molar-refractivity contribution in [2.75, 3.05) is 26.2 Å². The second kappa shape index (κ2) is 6.29. The number of thiophene rings is 1. The van der Waals surface area contributed by atoms with Gasteiger partial charge in [0.2, 0.25) is 0 Å². The second-order valence-electron chi connectivity index (χ2n) is 5.89. The zero-order valence-corrected chi connectivity index (χ0v) is 14.1. The van der Waals surface area contributed by atoms with E-state index in [0.29, 0.717) is 26.2 Å². The largest absolute Gasteiger partial charge is 0.480 e. The Morgan fingerprint density at radius 2 is 1.83 bits per heavy atom. The quantitative estimate of drug-likeness (QED) is 0.938.